The minimum absolute atomic E-state index is 0. The number of amides is 1. The highest BCUT2D eigenvalue weighted by atomic mass is 35.5. The minimum atomic E-state index is 0. The van der Waals surface area contributed by atoms with Crippen LogP contribution in [0.2, 0.25) is 0 Å². The summed E-state index contributed by atoms with van der Waals surface area (Å²) < 4.78 is 5.34. The van der Waals surface area contributed by atoms with Gasteiger partial charge in [0.05, 0.1) is 7.11 Å². The molecule has 0 aliphatic carbocycles. The van der Waals surface area contributed by atoms with Crippen LogP contribution >= 0.6 is 12.4 Å². The quantitative estimate of drug-likeness (QED) is 0.649. The van der Waals surface area contributed by atoms with E-state index in [1.54, 1.807) is 7.11 Å². The number of carbonyl (C=O) groups excluding carboxylic acids is 1. The lowest BCUT2D eigenvalue weighted by molar-refractivity contribution is -0.121. The van der Waals surface area contributed by atoms with E-state index in [2.05, 4.69) is 30.5 Å². The Morgan fingerprint density at radius 2 is 1.95 bits per heavy atom. The number of para-hydroxylation sites is 1. The third kappa shape index (κ3) is 8.25. The van der Waals surface area contributed by atoms with Gasteiger partial charge in [-0.25, -0.2) is 0 Å². The fourth-order valence-corrected chi connectivity index (χ4v) is 2.30. The van der Waals surface area contributed by atoms with Crippen LogP contribution in [-0.2, 0) is 11.2 Å². The number of halogens is 1. The molecule has 1 aromatic carbocycles. The first-order valence-electron chi connectivity index (χ1n) is 7.76. The second-order valence-corrected chi connectivity index (χ2v) is 5.43. The fraction of sp³-hybridized carbons (Fsp3) is 0.588. The van der Waals surface area contributed by atoms with Crippen molar-refractivity contribution in [2.75, 3.05) is 26.7 Å². The normalized spacial score (nSPS) is 11.4. The topological polar surface area (TPSA) is 50.4 Å². The average molecular weight is 329 g/mol. The zero-order valence-corrected chi connectivity index (χ0v) is 14.7. The molecule has 22 heavy (non-hydrogen) atoms. The first-order valence-corrected chi connectivity index (χ1v) is 7.76. The van der Waals surface area contributed by atoms with Crippen molar-refractivity contribution in [3.8, 4) is 5.75 Å². The molecule has 0 spiro atoms. The van der Waals surface area contributed by atoms with Gasteiger partial charge in [0.1, 0.15) is 5.75 Å². The smallest absolute Gasteiger partial charge is 0.220 e. The van der Waals surface area contributed by atoms with Gasteiger partial charge in [-0.2, -0.15) is 0 Å². The van der Waals surface area contributed by atoms with Crippen LogP contribution < -0.4 is 15.4 Å². The van der Waals surface area contributed by atoms with Crippen molar-refractivity contribution in [3.63, 3.8) is 0 Å². The van der Waals surface area contributed by atoms with Gasteiger partial charge >= 0.3 is 0 Å². The number of ether oxygens (including phenoxy) is 1. The SMILES string of the molecule is CCCNCCNC(=O)CC(C)Cc1ccccc1OC.Cl. The first kappa shape index (κ1) is 20.7. The summed E-state index contributed by atoms with van der Waals surface area (Å²) in [5.74, 6) is 1.31. The third-order valence-corrected chi connectivity index (χ3v) is 3.35. The van der Waals surface area contributed by atoms with Crippen LogP contribution in [-0.4, -0.2) is 32.7 Å². The molecule has 0 aliphatic heterocycles. The number of nitrogens with one attached hydrogen (secondary N) is 2. The molecular formula is C17H29ClN2O2. The van der Waals surface area contributed by atoms with Crippen molar-refractivity contribution in [1.82, 2.24) is 10.6 Å². The molecule has 0 bridgehead atoms. The Kier molecular flexibility index (Phi) is 11.6. The minimum Gasteiger partial charge on any atom is -0.496 e. The van der Waals surface area contributed by atoms with Gasteiger partial charge in [0.2, 0.25) is 5.91 Å². The zero-order chi connectivity index (χ0) is 15.5. The van der Waals surface area contributed by atoms with Crippen LogP contribution in [0, 0.1) is 5.92 Å². The van der Waals surface area contributed by atoms with Crippen molar-refractivity contribution >= 4 is 18.3 Å². The molecule has 1 aromatic rings. The van der Waals surface area contributed by atoms with E-state index in [0.717, 1.165) is 37.2 Å². The zero-order valence-electron chi connectivity index (χ0n) is 13.9. The molecule has 1 atom stereocenters. The molecule has 1 amide bonds. The molecule has 2 N–H and O–H groups in total. The van der Waals surface area contributed by atoms with Crippen LogP contribution in [0.25, 0.3) is 0 Å². The van der Waals surface area contributed by atoms with Crippen LogP contribution in [0.15, 0.2) is 24.3 Å². The molecular weight excluding hydrogens is 300 g/mol. The van der Waals surface area contributed by atoms with E-state index >= 15 is 0 Å². The molecule has 126 valence electrons. The number of hydrogen-bond donors (Lipinski definition) is 2. The number of hydrogen-bond acceptors (Lipinski definition) is 3. The van der Waals surface area contributed by atoms with Gasteiger partial charge in [0.15, 0.2) is 0 Å². The largest absolute Gasteiger partial charge is 0.496 e. The Bertz CT molecular complexity index is 427. The molecule has 0 radical (unpaired) electrons. The second kappa shape index (κ2) is 12.3. The van der Waals surface area contributed by atoms with E-state index in [0.29, 0.717) is 18.9 Å². The van der Waals surface area contributed by atoms with Gasteiger partial charge in [-0.05, 0) is 36.9 Å². The van der Waals surface area contributed by atoms with Crippen molar-refractivity contribution < 1.29 is 9.53 Å². The van der Waals surface area contributed by atoms with Crippen molar-refractivity contribution in [1.29, 1.82) is 0 Å². The summed E-state index contributed by atoms with van der Waals surface area (Å²) in [5, 5.41) is 6.22. The lowest BCUT2D eigenvalue weighted by Gasteiger charge is -2.14. The molecule has 4 nitrogen and oxygen atoms in total. The molecule has 0 aliphatic rings. The maximum absolute atomic E-state index is 11.9. The summed E-state index contributed by atoms with van der Waals surface area (Å²) in [6.45, 7) is 6.76. The number of benzene rings is 1. The lowest BCUT2D eigenvalue weighted by atomic mass is 9.97. The predicted molar refractivity (Wildman–Crippen MR) is 93.9 cm³/mol. The summed E-state index contributed by atoms with van der Waals surface area (Å²) in [6, 6.07) is 7.98. The lowest BCUT2D eigenvalue weighted by Crippen LogP contribution is -2.33. The maximum atomic E-state index is 11.9. The van der Waals surface area contributed by atoms with Crippen LogP contribution in [0.1, 0.15) is 32.3 Å². The summed E-state index contributed by atoms with van der Waals surface area (Å²) in [7, 11) is 1.68. The van der Waals surface area contributed by atoms with Crippen molar-refractivity contribution in [3.05, 3.63) is 29.8 Å². The van der Waals surface area contributed by atoms with Gasteiger partial charge in [0, 0.05) is 19.5 Å². The average Bonchev–Trinajstić information content (AvgIpc) is 2.47. The molecule has 5 heteroatoms. The number of methoxy groups -OCH3 is 1. The van der Waals surface area contributed by atoms with Crippen molar-refractivity contribution in [2.24, 2.45) is 5.92 Å². The Hall–Kier alpha value is -1.26. The highest BCUT2D eigenvalue weighted by Crippen LogP contribution is 2.21. The molecule has 0 saturated carbocycles. The highest BCUT2D eigenvalue weighted by molar-refractivity contribution is 5.85. The van der Waals surface area contributed by atoms with Gasteiger partial charge in [-0.15, -0.1) is 12.4 Å². The summed E-state index contributed by atoms with van der Waals surface area (Å²) in [4.78, 5) is 11.9. The van der Waals surface area contributed by atoms with Crippen LogP contribution in [0.5, 0.6) is 5.75 Å². The summed E-state index contributed by atoms with van der Waals surface area (Å²) >= 11 is 0. The Labute approximate surface area is 140 Å². The monoisotopic (exact) mass is 328 g/mol. The Balaban J connectivity index is 0.00000441. The van der Waals surface area contributed by atoms with Gasteiger partial charge in [0.25, 0.3) is 0 Å². The second-order valence-electron chi connectivity index (χ2n) is 5.43. The van der Waals surface area contributed by atoms with E-state index in [-0.39, 0.29) is 18.3 Å². The molecule has 0 saturated heterocycles. The predicted octanol–water partition coefficient (Wildman–Crippen LogP) is 2.80. The van der Waals surface area contributed by atoms with Crippen LogP contribution in [0.4, 0.5) is 0 Å². The molecule has 1 unspecified atom stereocenters. The van der Waals surface area contributed by atoms with E-state index < -0.39 is 0 Å². The summed E-state index contributed by atoms with van der Waals surface area (Å²) in [5.41, 5.74) is 1.16. The fourth-order valence-electron chi connectivity index (χ4n) is 2.30. The van der Waals surface area contributed by atoms with Gasteiger partial charge in [-0.1, -0.05) is 32.0 Å². The first-order chi connectivity index (χ1) is 10.2. The van der Waals surface area contributed by atoms with Crippen molar-refractivity contribution in [2.45, 2.75) is 33.1 Å². The summed E-state index contributed by atoms with van der Waals surface area (Å²) in [6.07, 6.45) is 2.52. The molecule has 0 fully saturated rings. The van der Waals surface area contributed by atoms with Gasteiger partial charge in [-0.3, -0.25) is 4.79 Å². The van der Waals surface area contributed by atoms with Crippen LogP contribution in [0.3, 0.4) is 0 Å². The third-order valence-electron chi connectivity index (χ3n) is 3.35. The Morgan fingerprint density at radius 3 is 2.64 bits per heavy atom. The Morgan fingerprint density at radius 1 is 1.23 bits per heavy atom. The maximum Gasteiger partial charge on any atom is 0.220 e. The standard InChI is InChI=1S/C17H28N2O2.ClH/c1-4-9-18-10-11-19-17(20)13-14(2)12-15-7-5-6-8-16(15)21-3;/h5-8,14,18H,4,9-13H2,1-3H3,(H,19,20);1H. The van der Waals surface area contributed by atoms with E-state index in [4.69, 9.17) is 4.74 Å². The number of rotatable bonds is 10. The molecule has 0 heterocycles. The van der Waals surface area contributed by atoms with E-state index in [1.165, 1.54) is 0 Å². The van der Waals surface area contributed by atoms with E-state index in [1.807, 2.05) is 18.2 Å². The van der Waals surface area contributed by atoms with Gasteiger partial charge < -0.3 is 15.4 Å². The molecule has 0 aromatic heterocycles. The number of carbonyl (C=O) groups is 1. The highest BCUT2D eigenvalue weighted by Gasteiger charge is 2.11. The molecule has 1 rings (SSSR count). The van der Waals surface area contributed by atoms with E-state index in [9.17, 15) is 4.79 Å².